The van der Waals surface area contributed by atoms with Gasteiger partial charge >= 0.3 is 5.97 Å². The molecule has 0 saturated heterocycles. The van der Waals surface area contributed by atoms with Crippen molar-refractivity contribution in [2.75, 3.05) is 7.11 Å². The van der Waals surface area contributed by atoms with Gasteiger partial charge in [0, 0.05) is 18.5 Å². The third-order valence-corrected chi connectivity index (χ3v) is 2.09. The van der Waals surface area contributed by atoms with E-state index in [1.54, 1.807) is 31.5 Å². The van der Waals surface area contributed by atoms with Crippen LogP contribution in [0.3, 0.4) is 0 Å². The van der Waals surface area contributed by atoms with Crippen LogP contribution in [0.2, 0.25) is 0 Å². The van der Waals surface area contributed by atoms with Crippen LogP contribution in [-0.4, -0.2) is 23.8 Å². The summed E-state index contributed by atoms with van der Waals surface area (Å²) in [5.74, 6) is 0.0252. The lowest BCUT2D eigenvalue weighted by molar-refractivity contribution is -0.133. The van der Waals surface area contributed by atoms with Crippen LogP contribution in [0.4, 0.5) is 0 Å². The summed E-state index contributed by atoms with van der Waals surface area (Å²) in [6, 6.07) is 1.65. The number of methoxy groups -OCH3 is 1. The van der Waals surface area contributed by atoms with Crippen LogP contribution in [0.25, 0.3) is 5.57 Å². The molecule has 0 spiro atoms. The summed E-state index contributed by atoms with van der Waals surface area (Å²) in [4.78, 5) is 20.9. The Hall–Kier alpha value is -2.17. The summed E-state index contributed by atoms with van der Waals surface area (Å²) in [5.41, 5.74) is 1.72. The number of oxime groups is 1. The fourth-order valence-electron chi connectivity index (χ4n) is 1.30. The zero-order valence-corrected chi connectivity index (χ0v) is 10.9. The van der Waals surface area contributed by atoms with E-state index in [1.165, 1.54) is 7.11 Å². The SMILES string of the molecule is C/C=C(/C(=O)OC)c1cnccc1ON=C(C)C. The summed E-state index contributed by atoms with van der Waals surface area (Å²) in [6.45, 7) is 5.38. The van der Waals surface area contributed by atoms with Crippen molar-refractivity contribution in [1.82, 2.24) is 4.98 Å². The van der Waals surface area contributed by atoms with Gasteiger partial charge < -0.3 is 9.57 Å². The van der Waals surface area contributed by atoms with Crippen LogP contribution in [0, 0.1) is 0 Å². The zero-order valence-electron chi connectivity index (χ0n) is 10.9. The molecule has 0 amide bonds. The molecule has 96 valence electrons. The maximum Gasteiger partial charge on any atom is 0.338 e. The number of esters is 1. The lowest BCUT2D eigenvalue weighted by Crippen LogP contribution is -2.05. The predicted molar refractivity (Wildman–Crippen MR) is 69.3 cm³/mol. The van der Waals surface area contributed by atoms with Crippen LogP contribution in [0.5, 0.6) is 5.75 Å². The first-order valence-corrected chi connectivity index (χ1v) is 5.47. The maximum atomic E-state index is 11.6. The van der Waals surface area contributed by atoms with Crippen LogP contribution >= 0.6 is 0 Å². The Morgan fingerprint density at radius 3 is 2.72 bits per heavy atom. The maximum absolute atomic E-state index is 11.6. The number of hydrogen-bond acceptors (Lipinski definition) is 5. The van der Waals surface area contributed by atoms with E-state index < -0.39 is 5.97 Å². The summed E-state index contributed by atoms with van der Waals surface area (Å²) in [6.07, 6.45) is 4.77. The molecule has 0 N–H and O–H groups in total. The largest absolute Gasteiger partial charge is 0.465 e. The van der Waals surface area contributed by atoms with Crippen LogP contribution < -0.4 is 4.84 Å². The van der Waals surface area contributed by atoms with Crippen molar-refractivity contribution in [2.45, 2.75) is 20.8 Å². The van der Waals surface area contributed by atoms with Crippen molar-refractivity contribution in [2.24, 2.45) is 5.16 Å². The molecule has 0 aromatic carbocycles. The van der Waals surface area contributed by atoms with Gasteiger partial charge in [-0.25, -0.2) is 4.79 Å². The van der Waals surface area contributed by atoms with Crippen molar-refractivity contribution in [3.8, 4) is 5.75 Å². The average Bonchev–Trinajstić information content (AvgIpc) is 2.38. The number of carbonyl (C=O) groups is 1. The van der Waals surface area contributed by atoms with E-state index in [4.69, 9.17) is 9.57 Å². The molecule has 0 aliphatic heterocycles. The second-order valence-electron chi connectivity index (χ2n) is 3.70. The third kappa shape index (κ3) is 3.41. The van der Waals surface area contributed by atoms with Gasteiger partial charge in [-0.15, -0.1) is 0 Å². The highest BCUT2D eigenvalue weighted by atomic mass is 16.6. The fraction of sp³-hybridized carbons (Fsp3) is 0.308. The van der Waals surface area contributed by atoms with Gasteiger partial charge in [0.05, 0.1) is 24.0 Å². The number of ether oxygens (including phenoxy) is 1. The third-order valence-electron chi connectivity index (χ3n) is 2.09. The Morgan fingerprint density at radius 1 is 1.44 bits per heavy atom. The van der Waals surface area contributed by atoms with Crippen LogP contribution in [0.1, 0.15) is 26.3 Å². The topological polar surface area (TPSA) is 60.8 Å². The zero-order chi connectivity index (χ0) is 13.5. The van der Waals surface area contributed by atoms with Gasteiger partial charge in [-0.05, 0) is 20.8 Å². The molecule has 1 aromatic heterocycles. The highest BCUT2D eigenvalue weighted by Gasteiger charge is 2.16. The summed E-state index contributed by atoms with van der Waals surface area (Å²) < 4.78 is 4.71. The van der Waals surface area contributed by atoms with E-state index >= 15 is 0 Å². The Labute approximate surface area is 106 Å². The molecule has 1 rings (SSSR count). The molecule has 0 saturated carbocycles. The van der Waals surface area contributed by atoms with E-state index in [-0.39, 0.29) is 0 Å². The van der Waals surface area contributed by atoms with Crippen molar-refractivity contribution >= 4 is 17.3 Å². The number of nitrogens with zero attached hydrogens (tertiary/aromatic N) is 2. The monoisotopic (exact) mass is 248 g/mol. The minimum atomic E-state index is -0.437. The lowest BCUT2D eigenvalue weighted by Gasteiger charge is -2.08. The minimum Gasteiger partial charge on any atom is -0.465 e. The highest BCUT2D eigenvalue weighted by Crippen LogP contribution is 2.26. The quantitative estimate of drug-likeness (QED) is 0.355. The molecule has 0 radical (unpaired) electrons. The number of pyridine rings is 1. The average molecular weight is 248 g/mol. The minimum absolute atomic E-state index is 0.393. The Morgan fingerprint density at radius 2 is 2.17 bits per heavy atom. The van der Waals surface area contributed by atoms with Crippen molar-refractivity contribution in [3.63, 3.8) is 0 Å². The molecule has 5 heteroatoms. The lowest BCUT2D eigenvalue weighted by atomic mass is 10.1. The van der Waals surface area contributed by atoms with Crippen molar-refractivity contribution in [1.29, 1.82) is 0 Å². The number of aromatic nitrogens is 1. The van der Waals surface area contributed by atoms with E-state index in [9.17, 15) is 4.79 Å². The molecule has 0 bridgehead atoms. The smallest absolute Gasteiger partial charge is 0.338 e. The second-order valence-corrected chi connectivity index (χ2v) is 3.70. The van der Waals surface area contributed by atoms with E-state index in [0.29, 0.717) is 16.9 Å². The molecule has 1 aromatic rings. The van der Waals surface area contributed by atoms with Crippen LogP contribution in [0.15, 0.2) is 29.7 Å². The second kappa shape index (κ2) is 6.54. The first kappa shape index (κ1) is 13.9. The number of carbonyl (C=O) groups excluding carboxylic acids is 1. The van der Waals surface area contributed by atoms with Crippen molar-refractivity contribution < 1.29 is 14.4 Å². The molecule has 0 fully saturated rings. The highest BCUT2D eigenvalue weighted by molar-refractivity contribution is 6.17. The number of hydrogen-bond donors (Lipinski definition) is 0. The molecule has 1 heterocycles. The molecular weight excluding hydrogens is 232 g/mol. The summed E-state index contributed by atoms with van der Waals surface area (Å²) in [5, 5.41) is 3.87. The van der Waals surface area contributed by atoms with Crippen LogP contribution in [-0.2, 0) is 9.53 Å². The van der Waals surface area contributed by atoms with Gasteiger partial charge in [-0.1, -0.05) is 11.2 Å². The van der Waals surface area contributed by atoms with Gasteiger partial charge in [0.15, 0.2) is 5.75 Å². The van der Waals surface area contributed by atoms with E-state index in [0.717, 1.165) is 5.71 Å². The summed E-state index contributed by atoms with van der Waals surface area (Å²) in [7, 11) is 1.33. The first-order valence-electron chi connectivity index (χ1n) is 5.47. The van der Waals surface area contributed by atoms with Gasteiger partial charge in [0.25, 0.3) is 0 Å². The number of rotatable bonds is 4. The fourth-order valence-corrected chi connectivity index (χ4v) is 1.30. The van der Waals surface area contributed by atoms with E-state index in [1.807, 2.05) is 13.8 Å². The van der Waals surface area contributed by atoms with Gasteiger partial charge in [0.2, 0.25) is 0 Å². The Kier molecular flexibility index (Phi) is 5.05. The van der Waals surface area contributed by atoms with E-state index in [2.05, 4.69) is 10.1 Å². The molecule has 18 heavy (non-hydrogen) atoms. The molecule has 0 unspecified atom stereocenters. The first-order chi connectivity index (χ1) is 8.60. The Bertz CT molecular complexity index is 489. The molecule has 0 atom stereocenters. The molecule has 0 aliphatic rings. The van der Waals surface area contributed by atoms with Crippen molar-refractivity contribution in [3.05, 3.63) is 30.1 Å². The Balaban J connectivity index is 3.15. The summed E-state index contributed by atoms with van der Waals surface area (Å²) >= 11 is 0. The molecular formula is C13H16N2O3. The number of allylic oxidation sites excluding steroid dienone is 1. The normalized spacial score (nSPS) is 10.8. The van der Waals surface area contributed by atoms with Gasteiger partial charge in [0.1, 0.15) is 0 Å². The standard InChI is InChI=1S/C13H16N2O3/c1-5-10(13(16)17-4)11-8-14-7-6-12(11)18-15-9(2)3/h5-8H,1-4H3/b10-5+. The molecule has 0 aliphatic carbocycles. The van der Waals surface area contributed by atoms with Gasteiger partial charge in [-0.3, -0.25) is 4.98 Å². The van der Waals surface area contributed by atoms with Gasteiger partial charge in [-0.2, -0.15) is 0 Å². The molecule has 5 nitrogen and oxygen atoms in total. The predicted octanol–water partition coefficient (Wildman–Crippen LogP) is 2.43.